The number of likely N-dealkylation sites (tertiary alicyclic amines) is 1. The fourth-order valence-electron chi connectivity index (χ4n) is 2.58. The molecule has 3 heteroatoms. The Morgan fingerprint density at radius 3 is 1.93 bits per heavy atom. The van der Waals surface area contributed by atoms with E-state index in [4.69, 9.17) is 4.74 Å². The van der Waals surface area contributed by atoms with Crippen LogP contribution in [0.3, 0.4) is 0 Å². The fraction of sp³-hybridized carbons (Fsp3) is 0.909. The number of hydrogen-bond acceptors (Lipinski definition) is 2. The van der Waals surface area contributed by atoms with E-state index in [1.807, 2.05) is 4.90 Å². The molecule has 1 fully saturated rings. The van der Waals surface area contributed by atoms with Gasteiger partial charge in [-0.25, -0.2) is 4.79 Å². The molecule has 0 N–H and O–H groups in total. The Balaban J connectivity index is 2.97. The molecule has 1 amide bonds. The first-order valence-electron chi connectivity index (χ1n) is 5.19. The van der Waals surface area contributed by atoms with Crippen LogP contribution in [0.15, 0.2) is 0 Å². The highest BCUT2D eigenvalue weighted by Crippen LogP contribution is 2.38. The third-order valence-electron chi connectivity index (χ3n) is 3.15. The molecule has 0 saturated carbocycles. The van der Waals surface area contributed by atoms with Crippen molar-refractivity contribution in [1.82, 2.24) is 4.90 Å². The maximum Gasteiger partial charge on any atom is 0.410 e. The number of carbonyl (C=O) groups is 1. The number of carbonyl (C=O) groups excluding carboxylic acids is 1. The van der Waals surface area contributed by atoms with Crippen molar-refractivity contribution in [2.24, 2.45) is 0 Å². The molecule has 0 bridgehead atoms. The highest BCUT2D eigenvalue weighted by Gasteiger charge is 2.44. The maximum atomic E-state index is 11.7. The molecule has 0 aromatic carbocycles. The van der Waals surface area contributed by atoms with Crippen molar-refractivity contribution in [1.29, 1.82) is 0 Å². The molecule has 1 aliphatic rings. The third kappa shape index (κ3) is 1.86. The van der Waals surface area contributed by atoms with Gasteiger partial charge in [0.15, 0.2) is 0 Å². The van der Waals surface area contributed by atoms with Crippen molar-refractivity contribution in [2.75, 3.05) is 7.11 Å². The van der Waals surface area contributed by atoms with Gasteiger partial charge in [0.1, 0.15) is 0 Å². The van der Waals surface area contributed by atoms with E-state index < -0.39 is 0 Å². The zero-order chi connectivity index (χ0) is 11.0. The lowest BCUT2D eigenvalue weighted by Crippen LogP contribution is -2.60. The second-order valence-electron chi connectivity index (χ2n) is 5.28. The van der Waals surface area contributed by atoms with E-state index >= 15 is 0 Å². The first-order chi connectivity index (χ1) is 6.31. The summed E-state index contributed by atoms with van der Waals surface area (Å²) in [4.78, 5) is 13.6. The first-order valence-corrected chi connectivity index (χ1v) is 5.19. The van der Waals surface area contributed by atoms with Gasteiger partial charge in [-0.2, -0.15) is 0 Å². The Bertz CT molecular complexity index is 217. The Morgan fingerprint density at radius 1 is 1.14 bits per heavy atom. The number of amides is 1. The zero-order valence-electron chi connectivity index (χ0n) is 9.89. The van der Waals surface area contributed by atoms with Crippen LogP contribution in [-0.2, 0) is 4.74 Å². The van der Waals surface area contributed by atoms with E-state index in [1.165, 1.54) is 13.5 Å². The van der Waals surface area contributed by atoms with Gasteiger partial charge in [0, 0.05) is 11.1 Å². The van der Waals surface area contributed by atoms with Crippen LogP contribution in [-0.4, -0.2) is 29.2 Å². The van der Waals surface area contributed by atoms with Crippen LogP contribution in [0.1, 0.15) is 47.0 Å². The topological polar surface area (TPSA) is 29.5 Å². The van der Waals surface area contributed by atoms with Gasteiger partial charge in [0.25, 0.3) is 0 Å². The van der Waals surface area contributed by atoms with Crippen LogP contribution in [0.5, 0.6) is 0 Å². The summed E-state index contributed by atoms with van der Waals surface area (Å²) in [5.41, 5.74) is -0.177. The van der Waals surface area contributed by atoms with Crippen molar-refractivity contribution in [2.45, 2.75) is 58.0 Å². The number of nitrogens with zero attached hydrogens (tertiary/aromatic N) is 1. The maximum absolute atomic E-state index is 11.7. The molecule has 0 spiro atoms. The van der Waals surface area contributed by atoms with Gasteiger partial charge in [0.2, 0.25) is 0 Å². The second-order valence-corrected chi connectivity index (χ2v) is 5.28. The van der Waals surface area contributed by atoms with E-state index in [9.17, 15) is 4.79 Å². The van der Waals surface area contributed by atoms with Gasteiger partial charge < -0.3 is 4.74 Å². The molecule has 0 unspecified atom stereocenters. The van der Waals surface area contributed by atoms with Crippen molar-refractivity contribution < 1.29 is 9.53 Å². The van der Waals surface area contributed by atoms with Crippen LogP contribution in [0.2, 0.25) is 0 Å². The van der Waals surface area contributed by atoms with Gasteiger partial charge in [-0.05, 0) is 47.0 Å². The molecule has 0 atom stereocenters. The van der Waals surface area contributed by atoms with Crippen molar-refractivity contribution in [3.8, 4) is 0 Å². The average molecular weight is 199 g/mol. The van der Waals surface area contributed by atoms with Gasteiger partial charge >= 0.3 is 6.09 Å². The monoisotopic (exact) mass is 199 g/mol. The van der Waals surface area contributed by atoms with Gasteiger partial charge in [-0.3, -0.25) is 4.90 Å². The summed E-state index contributed by atoms with van der Waals surface area (Å²) >= 11 is 0. The van der Waals surface area contributed by atoms with E-state index in [0.717, 1.165) is 12.8 Å². The minimum atomic E-state index is -0.209. The van der Waals surface area contributed by atoms with E-state index in [0.29, 0.717) is 0 Å². The average Bonchev–Trinajstić information content (AvgIpc) is 2.00. The summed E-state index contributed by atoms with van der Waals surface area (Å²) < 4.78 is 4.85. The number of ether oxygens (including phenoxy) is 1. The molecule has 0 aliphatic carbocycles. The Kier molecular flexibility index (Phi) is 2.79. The molecule has 3 nitrogen and oxygen atoms in total. The Morgan fingerprint density at radius 2 is 1.57 bits per heavy atom. The van der Waals surface area contributed by atoms with Crippen LogP contribution in [0.4, 0.5) is 4.79 Å². The lowest BCUT2D eigenvalue weighted by molar-refractivity contribution is -0.0169. The molecule has 0 radical (unpaired) electrons. The summed E-state index contributed by atoms with van der Waals surface area (Å²) in [6.45, 7) is 8.41. The second kappa shape index (κ2) is 3.44. The van der Waals surface area contributed by atoms with Crippen LogP contribution in [0.25, 0.3) is 0 Å². The molecule has 1 heterocycles. The van der Waals surface area contributed by atoms with E-state index in [-0.39, 0.29) is 17.2 Å². The highest BCUT2D eigenvalue weighted by molar-refractivity contribution is 5.69. The lowest BCUT2D eigenvalue weighted by Gasteiger charge is -2.51. The number of rotatable bonds is 0. The molecule has 1 aliphatic heterocycles. The molecule has 1 rings (SSSR count). The van der Waals surface area contributed by atoms with Crippen molar-refractivity contribution in [3.05, 3.63) is 0 Å². The summed E-state index contributed by atoms with van der Waals surface area (Å²) in [5, 5.41) is 0. The summed E-state index contributed by atoms with van der Waals surface area (Å²) in [6, 6.07) is 0. The van der Waals surface area contributed by atoms with Gasteiger partial charge in [0.05, 0.1) is 7.11 Å². The summed E-state index contributed by atoms with van der Waals surface area (Å²) in [5.74, 6) is 0. The smallest absolute Gasteiger partial charge is 0.410 e. The van der Waals surface area contributed by atoms with E-state index in [1.54, 1.807) is 0 Å². The SMILES string of the molecule is COC(=O)N1C(C)(C)CCCC1(C)C. The molecular weight excluding hydrogens is 178 g/mol. The molecule has 0 aromatic rings. The zero-order valence-corrected chi connectivity index (χ0v) is 9.89. The minimum Gasteiger partial charge on any atom is -0.453 e. The highest BCUT2D eigenvalue weighted by atomic mass is 16.5. The predicted molar refractivity (Wildman–Crippen MR) is 56.3 cm³/mol. The first kappa shape index (κ1) is 11.3. The summed E-state index contributed by atoms with van der Waals surface area (Å²) in [6.07, 6.45) is 3.06. The Hall–Kier alpha value is -0.730. The predicted octanol–water partition coefficient (Wildman–Crippen LogP) is 2.80. The van der Waals surface area contributed by atoms with Crippen LogP contribution < -0.4 is 0 Å². The number of piperidine rings is 1. The largest absolute Gasteiger partial charge is 0.453 e. The van der Waals surface area contributed by atoms with E-state index in [2.05, 4.69) is 27.7 Å². The molecule has 1 saturated heterocycles. The standard InChI is InChI=1S/C11H21NO2/c1-10(2)7-6-8-11(3,4)12(10)9(13)14-5/h6-8H2,1-5H3. The van der Waals surface area contributed by atoms with Crippen LogP contribution in [0, 0.1) is 0 Å². The minimum absolute atomic E-state index is 0.0884. The van der Waals surface area contributed by atoms with Crippen molar-refractivity contribution in [3.63, 3.8) is 0 Å². The lowest BCUT2D eigenvalue weighted by atomic mass is 9.80. The Labute approximate surface area is 86.4 Å². The number of hydrogen-bond donors (Lipinski definition) is 0. The molecule has 82 valence electrons. The third-order valence-corrected chi connectivity index (χ3v) is 3.15. The summed E-state index contributed by atoms with van der Waals surface area (Å²) in [7, 11) is 1.45. The molecule has 0 aromatic heterocycles. The normalized spacial score (nSPS) is 24.5. The molecular formula is C11H21NO2. The van der Waals surface area contributed by atoms with Gasteiger partial charge in [-0.1, -0.05) is 0 Å². The number of methoxy groups -OCH3 is 1. The quantitative estimate of drug-likeness (QED) is 0.600. The molecule has 14 heavy (non-hydrogen) atoms. The van der Waals surface area contributed by atoms with Crippen LogP contribution >= 0.6 is 0 Å². The van der Waals surface area contributed by atoms with Gasteiger partial charge in [-0.15, -0.1) is 0 Å². The fourth-order valence-corrected chi connectivity index (χ4v) is 2.58. The van der Waals surface area contributed by atoms with Crippen molar-refractivity contribution >= 4 is 6.09 Å².